The number of nitrogens with zero attached hydrogens (tertiary/aromatic N) is 3. The lowest BCUT2D eigenvalue weighted by molar-refractivity contribution is 0.0872. The maximum Gasteiger partial charge on any atom is 0.250 e. The van der Waals surface area contributed by atoms with Gasteiger partial charge in [-0.1, -0.05) is 6.07 Å². The molecule has 106 valence electrons. The molecule has 3 aromatic heterocycles. The van der Waals surface area contributed by atoms with Crippen LogP contribution >= 0.6 is 22.7 Å². The van der Waals surface area contributed by atoms with E-state index >= 15 is 0 Å². The van der Waals surface area contributed by atoms with E-state index in [-0.39, 0.29) is 11.8 Å². The van der Waals surface area contributed by atoms with Crippen LogP contribution in [0, 0.1) is 12.8 Å². The van der Waals surface area contributed by atoms with Gasteiger partial charge in [-0.3, -0.25) is 4.79 Å². The Kier molecular flexibility index (Phi) is 3.01. The fraction of sp³-hybridized carbons (Fsp3) is 0.267. The minimum atomic E-state index is 0.112. The van der Waals surface area contributed by atoms with E-state index in [1.54, 1.807) is 33.6 Å². The molecule has 0 atom stereocenters. The van der Waals surface area contributed by atoms with Crippen molar-refractivity contribution in [1.82, 2.24) is 14.8 Å². The highest BCUT2D eigenvalue weighted by atomic mass is 32.1. The first kappa shape index (κ1) is 12.9. The summed E-state index contributed by atoms with van der Waals surface area (Å²) in [6, 6.07) is 6.00. The van der Waals surface area contributed by atoms with Gasteiger partial charge in [0.1, 0.15) is 5.01 Å². The van der Waals surface area contributed by atoms with E-state index in [0.29, 0.717) is 0 Å². The Bertz CT molecular complexity index is 797. The third-order valence-electron chi connectivity index (χ3n) is 3.54. The molecule has 0 aromatic carbocycles. The molecule has 0 bridgehead atoms. The molecule has 1 saturated carbocycles. The summed E-state index contributed by atoms with van der Waals surface area (Å²) in [4.78, 5) is 19.1. The Morgan fingerprint density at radius 3 is 2.95 bits per heavy atom. The van der Waals surface area contributed by atoms with Crippen LogP contribution in [-0.2, 0) is 0 Å². The van der Waals surface area contributed by atoms with E-state index in [2.05, 4.69) is 16.1 Å². The number of rotatable bonds is 3. The zero-order valence-electron chi connectivity index (χ0n) is 11.4. The molecule has 0 spiro atoms. The van der Waals surface area contributed by atoms with Crippen LogP contribution in [-0.4, -0.2) is 20.7 Å². The average Bonchev–Trinajstić information content (AvgIpc) is 2.92. The fourth-order valence-corrected chi connectivity index (χ4v) is 4.17. The van der Waals surface area contributed by atoms with Crippen LogP contribution in [0.3, 0.4) is 0 Å². The predicted molar refractivity (Wildman–Crippen MR) is 84.7 cm³/mol. The summed E-state index contributed by atoms with van der Waals surface area (Å²) >= 11 is 3.30. The highest BCUT2D eigenvalue weighted by Crippen LogP contribution is 2.38. The van der Waals surface area contributed by atoms with Gasteiger partial charge in [-0.25, -0.2) is 4.98 Å². The molecule has 1 aliphatic rings. The Balaban J connectivity index is 1.77. The maximum atomic E-state index is 12.3. The summed E-state index contributed by atoms with van der Waals surface area (Å²) in [5.41, 5.74) is 1.82. The molecule has 3 aromatic rings. The topological polar surface area (TPSA) is 47.8 Å². The minimum absolute atomic E-state index is 0.112. The van der Waals surface area contributed by atoms with E-state index in [1.165, 1.54) is 0 Å². The standard InChI is InChI=1S/C15H13N3OS2/c1-9-13(21-14(17-9)12-3-2-8-20-12)11-6-7-16-18(11)15(19)10-4-5-10/h2-3,6-8,10H,4-5H2,1H3. The van der Waals surface area contributed by atoms with Gasteiger partial charge in [-0.15, -0.1) is 22.7 Å². The summed E-state index contributed by atoms with van der Waals surface area (Å²) in [5, 5.41) is 7.27. The van der Waals surface area contributed by atoms with E-state index in [9.17, 15) is 4.79 Å². The largest absolute Gasteiger partial charge is 0.272 e. The lowest BCUT2D eigenvalue weighted by atomic mass is 10.3. The Labute approximate surface area is 130 Å². The number of hydrogen-bond acceptors (Lipinski definition) is 5. The highest BCUT2D eigenvalue weighted by Gasteiger charge is 2.33. The summed E-state index contributed by atoms with van der Waals surface area (Å²) < 4.78 is 1.55. The number of aromatic nitrogens is 3. The third kappa shape index (κ3) is 2.24. The number of carbonyl (C=O) groups is 1. The molecule has 4 nitrogen and oxygen atoms in total. The number of aryl methyl sites for hydroxylation is 1. The number of hydrogen-bond donors (Lipinski definition) is 0. The summed E-state index contributed by atoms with van der Waals surface area (Å²) in [6.07, 6.45) is 3.67. The van der Waals surface area contributed by atoms with Crippen molar-refractivity contribution in [1.29, 1.82) is 0 Å². The third-order valence-corrected chi connectivity index (χ3v) is 5.76. The first-order chi connectivity index (χ1) is 10.2. The molecule has 0 radical (unpaired) electrons. The zero-order valence-corrected chi connectivity index (χ0v) is 13.1. The minimum Gasteiger partial charge on any atom is -0.272 e. The maximum absolute atomic E-state index is 12.3. The quantitative estimate of drug-likeness (QED) is 0.731. The van der Waals surface area contributed by atoms with Crippen LogP contribution in [0.1, 0.15) is 23.3 Å². The summed E-state index contributed by atoms with van der Waals surface area (Å²) in [6.45, 7) is 1.99. The van der Waals surface area contributed by atoms with Gasteiger partial charge >= 0.3 is 0 Å². The molecule has 6 heteroatoms. The van der Waals surface area contributed by atoms with Crippen molar-refractivity contribution in [2.75, 3.05) is 0 Å². The molecule has 0 saturated heterocycles. The van der Waals surface area contributed by atoms with Crippen LogP contribution in [0.25, 0.3) is 20.5 Å². The lowest BCUT2D eigenvalue weighted by Gasteiger charge is -2.03. The van der Waals surface area contributed by atoms with Gasteiger partial charge in [-0.2, -0.15) is 9.78 Å². The Morgan fingerprint density at radius 2 is 2.24 bits per heavy atom. The second-order valence-electron chi connectivity index (χ2n) is 5.15. The molecule has 1 fully saturated rings. The van der Waals surface area contributed by atoms with Gasteiger partial charge in [0.05, 0.1) is 27.3 Å². The predicted octanol–water partition coefficient (Wildman–Crippen LogP) is 4.09. The lowest BCUT2D eigenvalue weighted by Crippen LogP contribution is -2.15. The Morgan fingerprint density at radius 1 is 1.38 bits per heavy atom. The summed E-state index contributed by atoms with van der Waals surface area (Å²) in [5.74, 6) is 0.272. The molecule has 0 N–H and O–H groups in total. The second-order valence-corrected chi connectivity index (χ2v) is 7.10. The molecule has 1 aliphatic carbocycles. The van der Waals surface area contributed by atoms with Gasteiger partial charge in [0, 0.05) is 5.92 Å². The van der Waals surface area contributed by atoms with Crippen molar-refractivity contribution in [2.24, 2.45) is 5.92 Å². The normalized spacial score (nSPS) is 14.5. The first-order valence-electron chi connectivity index (χ1n) is 6.84. The highest BCUT2D eigenvalue weighted by molar-refractivity contribution is 7.23. The van der Waals surface area contributed by atoms with Gasteiger partial charge in [0.2, 0.25) is 0 Å². The Hall–Kier alpha value is -1.79. The molecule has 4 rings (SSSR count). The van der Waals surface area contributed by atoms with Crippen molar-refractivity contribution >= 4 is 28.6 Å². The van der Waals surface area contributed by atoms with Crippen LogP contribution in [0.4, 0.5) is 0 Å². The van der Waals surface area contributed by atoms with E-state index in [0.717, 1.165) is 39.0 Å². The van der Waals surface area contributed by atoms with Crippen molar-refractivity contribution < 1.29 is 4.79 Å². The monoisotopic (exact) mass is 315 g/mol. The average molecular weight is 315 g/mol. The molecular weight excluding hydrogens is 302 g/mol. The summed E-state index contributed by atoms with van der Waals surface area (Å²) in [7, 11) is 0. The molecular formula is C15H13N3OS2. The molecule has 0 aliphatic heterocycles. The number of thiophene rings is 1. The molecule has 0 unspecified atom stereocenters. The van der Waals surface area contributed by atoms with Crippen molar-refractivity contribution in [2.45, 2.75) is 19.8 Å². The van der Waals surface area contributed by atoms with Gasteiger partial charge in [-0.05, 0) is 37.3 Å². The molecule has 21 heavy (non-hydrogen) atoms. The SMILES string of the molecule is Cc1nc(-c2cccs2)sc1-c1ccnn1C(=O)C1CC1. The van der Waals surface area contributed by atoms with Crippen molar-refractivity contribution in [3.63, 3.8) is 0 Å². The molecule has 3 heterocycles. The zero-order chi connectivity index (χ0) is 14.4. The number of carbonyl (C=O) groups excluding carboxylic acids is 1. The fourth-order valence-electron chi connectivity index (χ4n) is 2.29. The smallest absolute Gasteiger partial charge is 0.250 e. The number of thiazole rings is 1. The van der Waals surface area contributed by atoms with E-state index in [4.69, 9.17) is 0 Å². The van der Waals surface area contributed by atoms with Gasteiger partial charge in [0.15, 0.2) is 0 Å². The second kappa shape index (κ2) is 4.89. The van der Waals surface area contributed by atoms with Crippen LogP contribution < -0.4 is 0 Å². The van der Waals surface area contributed by atoms with Crippen LogP contribution in [0.2, 0.25) is 0 Å². The van der Waals surface area contributed by atoms with Crippen LogP contribution in [0.5, 0.6) is 0 Å². The van der Waals surface area contributed by atoms with E-state index < -0.39 is 0 Å². The van der Waals surface area contributed by atoms with Crippen LogP contribution in [0.15, 0.2) is 29.8 Å². The van der Waals surface area contributed by atoms with Crippen molar-refractivity contribution in [3.05, 3.63) is 35.5 Å². The van der Waals surface area contributed by atoms with E-state index in [1.807, 2.05) is 24.4 Å². The van der Waals surface area contributed by atoms with Gasteiger partial charge < -0.3 is 0 Å². The van der Waals surface area contributed by atoms with Crippen molar-refractivity contribution in [3.8, 4) is 20.5 Å². The molecule has 0 amide bonds. The van der Waals surface area contributed by atoms with Gasteiger partial charge in [0.25, 0.3) is 5.91 Å². The first-order valence-corrected chi connectivity index (χ1v) is 8.53.